The second-order valence-electron chi connectivity index (χ2n) is 6.38. The Hall–Kier alpha value is -1.55. The minimum atomic E-state index is -0.505. The van der Waals surface area contributed by atoms with E-state index in [4.69, 9.17) is 16.3 Å². The van der Waals surface area contributed by atoms with Crippen molar-refractivity contribution in [1.29, 1.82) is 0 Å². The Bertz CT molecular complexity index is 627. The molecule has 24 heavy (non-hydrogen) atoms. The first-order valence-corrected chi connectivity index (χ1v) is 8.93. The van der Waals surface area contributed by atoms with Crippen LogP contribution in [0.5, 0.6) is 5.75 Å². The Morgan fingerprint density at radius 2 is 1.71 bits per heavy atom. The van der Waals surface area contributed by atoms with E-state index in [1.807, 2.05) is 18.2 Å². The van der Waals surface area contributed by atoms with Crippen LogP contribution in [0.1, 0.15) is 24.3 Å². The van der Waals surface area contributed by atoms with Crippen molar-refractivity contribution in [2.45, 2.75) is 24.9 Å². The van der Waals surface area contributed by atoms with Crippen LogP contribution >= 0.6 is 11.6 Å². The maximum absolute atomic E-state index is 10.2. The fraction of sp³-hybridized carbons (Fsp3) is 0.400. The van der Waals surface area contributed by atoms with Gasteiger partial charge in [0.1, 0.15) is 18.5 Å². The fourth-order valence-electron chi connectivity index (χ4n) is 3.27. The van der Waals surface area contributed by atoms with E-state index in [1.54, 1.807) is 6.07 Å². The van der Waals surface area contributed by atoms with Gasteiger partial charge >= 0.3 is 0 Å². The molecule has 2 aromatic rings. The zero-order valence-corrected chi connectivity index (χ0v) is 14.5. The van der Waals surface area contributed by atoms with Gasteiger partial charge in [-0.15, -0.1) is 0 Å². The molecule has 1 atom stereocenters. The molecule has 128 valence electrons. The number of aliphatic hydroxyl groups is 1. The third kappa shape index (κ3) is 4.73. The van der Waals surface area contributed by atoms with Gasteiger partial charge in [0.15, 0.2) is 0 Å². The summed E-state index contributed by atoms with van der Waals surface area (Å²) in [7, 11) is 0. The Balaban J connectivity index is 1.42. The molecule has 1 heterocycles. The van der Waals surface area contributed by atoms with Crippen LogP contribution in [-0.4, -0.2) is 42.4 Å². The second kappa shape index (κ2) is 8.52. The quantitative estimate of drug-likeness (QED) is 0.860. The lowest BCUT2D eigenvalue weighted by Gasteiger charge is -2.33. The van der Waals surface area contributed by atoms with Crippen LogP contribution in [0.15, 0.2) is 54.6 Å². The van der Waals surface area contributed by atoms with E-state index >= 15 is 0 Å². The molecule has 1 unspecified atom stereocenters. The van der Waals surface area contributed by atoms with Crippen molar-refractivity contribution in [1.82, 2.24) is 4.90 Å². The first-order chi connectivity index (χ1) is 11.7. The van der Waals surface area contributed by atoms with Crippen LogP contribution in [0.3, 0.4) is 0 Å². The summed E-state index contributed by atoms with van der Waals surface area (Å²) in [5.41, 5.74) is 1.43. The van der Waals surface area contributed by atoms with Crippen LogP contribution in [0.2, 0.25) is 5.02 Å². The van der Waals surface area contributed by atoms with Crippen molar-refractivity contribution in [3.8, 4) is 5.75 Å². The Morgan fingerprint density at radius 3 is 2.42 bits per heavy atom. The molecule has 1 saturated heterocycles. The number of hydrogen-bond donors (Lipinski definition) is 1. The van der Waals surface area contributed by atoms with Gasteiger partial charge in [0.05, 0.1) is 5.02 Å². The summed E-state index contributed by atoms with van der Waals surface area (Å²) in [5.74, 6) is 1.26. The van der Waals surface area contributed by atoms with Crippen LogP contribution in [-0.2, 0) is 0 Å². The van der Waals surface area contributed by atoms with Crippen molar-refractivity contribution < 1.29 is 9.84 Å². The number of nitrogens with zero attached hydrogens (tertiary/aromatic N) is 1. The summed E-state index contributed by atoms with van der Waals surface area (Å²) in [6.07, 6.45) is 1.78. The van der Waals surface area contributed by atoms with Crippen LogP contribution < -0.4 is 4.74 Å². The van der Waals surface area contributed by atoms with Crippen molar-refractivity contribution in [3.63, 3.8) is 0 Å². The first-order valence-electron chi connectivity index (χ1n) is 8.55. The molecule has 0 amide bonds. The predicted molar refractivity (Wildman–Crippen MR) is 97.8 cm³/mol. The van der Waals surface area contributed by atoms with E-state index in [2.05, 4.69) is 35.2 Å². The summed E-state index contributed by atoms with van der Waals surface area (Å²) in [6.45, 7) is 2.94. The summed E-state index contributed by atoms with van der Waals surface area (Å²) < 4.78 is 5.62. The Kier molecular flexibility index (Phi) is 6.13. The third-order valence-electron chi connectivity index (χ3n) is 4.60. The van der Waals surface area contributed by atoms with Gasteiger partial charge in [-0.1, -0.05) is 54.1 Å². The van der Waals surface area contributed by atoms with E-state index in [1.165, 1.54) is 5.56 Å². The molecule has 1 fully saturated rings. The number of halogens is 1. The number of rotatable bonds is 6. The van der Waals surface area contributed by atoms with Gasteiger partial charge in [-0.2, -0.15) is 0 Å². The standard InChI is InChI=1S/C20H24ClNO2/c21-19-8-4-5-9-20(19)24-15-18(23)14-22-12-10-17(11-13-22)16-6-2-1-3-7-16/h1-9,17-18,23H,10-15H2. The van der Waals surface area contributed by atoms with Gasteiger partial charge in [0.25, 0.3) is 0 Å². The van der Waals surface area contributed by atoms with Crippen molar-refractivity contribution >= 4 is 11.6 Å². The number of benzene rings is 2. The van der Waals surface area contributed by atoms with Crippen molar-refractivity contribution in [2.24, 2.45) is 0 Å². The average molecular weight is 346 g/mol. The topological polar surface area (TPSA) is 32.7 Å². The molecule has 0 aromatic heterocycles. The highest BCUT2D eigenvalue weighted by Gasteiger charge is 2.22. The van der Waals surface area contributed by atoms with E-state index in [0.717, 1.165) is 25.9 Å². The Morgan fingerprint density at radius 1 is 1.04 bits per heavy atom. The van der Waals surface area contributed by atoms with Crippen molar-refractivity contribution in [2.75, 3.05) is 26.2 Å². The van der Waals surface area contributed by atoms with E-state index in [0.29, 0.717) is 23.2 Å². The van der Waals surface area contributed by atoms with Gasteiger partial charge in [-0.05, 0) is 49.5 Å². The predicted octanol–water partition coefficient (Wildman–Crippen LogP) is 3.96. The SMILES string of the molecule is OC(COc1ccccc1Cl)CN1CCC(c2ccccc2)CC1. The van der Waals surface area contributed by atoms with Crippen LogP contribution in [0.25, 0.3) is 0 Å². The number of para-hydroxylation sites is 1. The summed E-state index contributed by atoms with van der Waals surface area (Å²) in [4.78, 5) is 2.32. The molecule has 2 aromatic carbocycles. The van der Waals surface area contributed by atoms with Crippen molar-refractivity contribution in [3.05, 3.63) is 65.2 Å². The van der Waals surface area contributed by atoms with Gasteiger partial charge in [-0.3, -0.25) is 0 Å². The fourth-order valence-corrected chi connectivity index (χ4v) is 3.46. The average Bonchev–Trinajstić information content (AvgIpc) is 2.62. The third-order valence-corrected chi connectivity index (χ3v) is 4.91. The van der Waals surface area contributed by atoms with E-state index in [-0.39, 0.29) is 6.61 Å². The molecular formula is C20H24ClNO2. The Labute approximate surface area is 148 Å². The zero-order chi connectivity index (χ0) is 16.8. The number of ether oxygens (including phenoxy) is 1. The first kappa shape index (κ1) is 17.3. The molecule has 0 saturated carbocycles. The molecule has 1 N–H and O–H groups in total. The maximum atomic E-state index is 10.2. The molecule has 3 nitrogen and oxygen atoms in total. The minimum Gasteiger partial charge on any atom is -0.489 e. The normalized spacial score (nSPS) is 17.6. The summed E-state index contributed by atoms with van der Waals surface area (Å²) in [5, 5.41) is 10.8. The van der Waals surface area contributed by atoms with E-state index < -0.39 is 6.10 Å². The molecule has 0 spiro atoms. The van der Waals surface area contributed by atoms with Gasteiger partial charge in [-0.25, -0.2) is 0 Å². The molecule has 1 aliphatic rings. The molecule has 1 aliphatic heterocycles. The van der Waals surface area contributed by atoms with Gasteiger partial charge in [0, 0.05) is 6.54 Å². The highest BCUT2D eigenvalue weighted by atomic mass is 35.5. The van der Waals surface area contributed by atoms with Crippen LogP contribution in [0.4, 0.5) is 0 Å². The molecule has 0 aliphatic carbocycles. The van der Waals surface area contributed by atoms with Crippen LogP contribution in [0, 0.1) is 0 Å². The minimum absolute atomic E-state index is 0.266. The molecule has 3 rings (SSSR count). The summed E-state index contributed by atoms with van der Waals surface area (Å²) in [6, 6.07) is 18.1. The highest BCUT2D eigenvalue weighted by molar-refractivity contribution is 6.32. The lowest BCUT2D eigenvalue weighted by Crippen LogP contribution is -2.40. The largest absolute Gasteiger partial charge is 0.489 e. The lowest BCUT2D eigenvalue weighted by molar-refractivity contribution is 0.0595. The molecular weight excluding hydrogens is 322 g/mol. The zero-order valence-electron chi connectivity index (χ0n) is 13.8. The number of piperidine rings is 1. The number of aliphatic hydroxyl groups excluding tert-OH is 1. The second-order valence-corrected chi connectivity index (χ2v) is 6.79. The highest BCUT2D eigenvalue weighted by Crippen LogP contribution is 2.28. The van der Waals surface area contributed by atoms with Gasteiger partial charge in [0.2, 0.25) is 0 Å². The molecule has 0 radical (unpaired) electrons. The summed E-state index contributed by atoms with van der Waals surface area (Å²) >= 11 is 6.06. The van der Waals surface area contributed by atoms with E-state index in [9.17, 15) is 5.11 Å². The maximum Gasteiger partial charge on any atom is 0.138 e. The number of β-amino-alcohol motifs (C(OH)–C–C–N with tert-alkyl or cyclic N) is 1. The smallest absolute Gasteiger partial charge is 0.138 e. The number of hydrogen-bond acceptors (Lipinski definition) is 3. The monoisotopic (exact) mass is 345 g/mol. The molecule has 4 heteroatoms. The molecule has 0 bridgehead atoms. The van der Waals surface area contributed by atoms with Gasteiger partial charge < -0.3 is 14.7 Å². The lowest BCUT2D eigenvalue weighted by atomic mass is 9.89. The number of likely N-dealkylation sites (tertiary alicyclic amines) is 1.